The number of carbonyl (C=O) groups is 1. The Bertz CT molecular complexity index is 1590. The maximum atomic E-state index is 12.4. The zero-order valence-corrected chi connectivity index (χ0v) is 21.3. The molecule has 0 unspecified atom stereocenters. The van der Waals surface area contributed by atoms with Gasteiger partial charge in [0, 0.05) is 39.3 Å². The van der Waals surface area contributed by atoms with Gasteiger partial charge in [0.05, 0.1) is 22.5 Å². The molecule has 1 aromatic heterocycles. The largest absolute Gasteiger partial charge is 0.271 e. The Hall–Kier alpha value is -5.15. The van der Waals surface area contributed by atoms with Gasteiger partial charge in [0.25, 0.3) is 11.6 Å². The van der Waals surface area contributed by atoms with Gasteiger partial charge in [-0.3, -0.25) is 14.9 Å². The lowest BCUT2D eigenvalue weighted by atomic mass is 10.1. The van der Waals surface area contributed by atoms with Crippen LogP contribution in [0.25, 0.3) is 22.5 Å². The van der Waals surface area contributed by atoms with Gasteiger partial charge in [0.15, 0.2) is 5.16 Å². The number of hydrogen-bond donors (Lipinski definition) is 1. The van der Waals surface area contributed by atoms with Crippen molar-refractivity contribution in [1.29, 1.82) is 0 Å². The Morgan fingerprint density at radius 3 is 1.92 bits per heavy atom. The van der Waals surface area contributed by atoms with Crippen LogP contribution in [0.4, 0.5) is 5.69 Å². The van der Waals surface area contributed by atoms with Gasteiger partial charge >= 0.3 is 0 Å². The molecule has 0 aliphatic rings. The Balaban J connectivity index is 1.50. The molecule has 0 aliphatic carbocycles. The van der Waals surface area contributed by atoms with Crippen molar-refractivity contribution < 1.29 is 9.72 Å². The molecule has 4 aromatic carbocycles. The number of nitro benzene ring substituents is 1. The van der Waals surface area contributed by atoms with Gasteiger partial charge in [0.2, 0.25) is 0 Å². The molecule has 1 amide bonds. The van der Waals surface area contributed by atoms with E-state index in [4.69, 9.17) is 9.97 Å². The molecule has 0 bridgehead atoms. The normalized spacial score (nSPS) is 10.9. The molecule has 5 aromatic rings. The number of hydrogen-bond acceptors (Lipinski definition) is 7. The van der Waals surface area contributed by atoms with E-state index in [9.17, 15) is 14.9 Å². The summed E-state index contributed by atoms with van der Waals surface area (Å²) in [5, 5.41) is 16.0. The van der Waals surface area contributed by atoms with Crippen LogP contribution in [0, 0.1) is 10.1 Å². The van der Waals surface area contributed by atoms with Crippen LogP contribution in [0.1, 0.15) is 15.9 Å². The number of benzene rings is 4. The number of amides is 1. The molecule has 9 heteroatoms. The average molecular weight is 532 g/mol. The molecule has 0 fully saturated rings. The fourth-order valence-corrected chi connectivity index (χ4v) is 4.59. The van der Waals surface area contributed by atoms with Crippen LogP contribution in [-0.4, -0.2) is 27.0 Å². The van der Waals surface area contributed by atoms with E-state index in [-0.39, 0.29) is 5.69 Å². The SMILES string of the molecule is O=C(N/N=C/c1cc([N+](=O)[O-])ccc1Sc1nc(-c2ccccc2)cc(-c2ccccc2)n1)c1ccccc1. The predicted molar refractivity (Wildman–Crippen MR) is 152 cm³/mol. The van der Waals surface area contributed by atoms with Gasteiger partial charge in [0.1, 0.15) is 0 Å². The highest BCUT2D eigenvalue weighted by atomic mass is 32.2. The molecule has 0 spiro atoms. The Morgan fingerprint density at radius 1 is 0.795 bits per heavy atom. The monoisotopic (exact) mass is 531 g/mol. The van der Waals surface area contributed by atoms with Crippen molar-refractivity contribution >= 4 is 29.6 Å². The number of hydrazone groups is 1. The van der Waals surface area contributed by atoms with Gasteiger partial charge in [-0.1, -0.05) is 78.9 Å². The summed E-state index contributed by atoms with van der Waals surface area (Å²) in [7, 11) is 0. The summed E-state index contributed by atoms with van der Waals surface area (Å²) in [5.74, 6) is -0.391. The van der Waals surface area contributed by atoms with Gasteiger partial charge in [-0.2, -0.15) is 5.10 Å². The van der Waals surface area contributed by atoms with E-state index in [1.807, 2.05) is 72.8 Å². The predicted octanol–water partition coefficient (Wildman–Crippen LogP) is 6.63. The highest BCUT2D eigenvalue weighted by Gasteiger charge is 2.15. The van der Waals surface area contributed by atoms with Crippen LogP contribution < -0.4 is 5.43 Å². The summed E-state index contributed by atoms with van der Waals surface area (Å²) < 4.78 is 0. The van der Waals surface area contributed by atoms with Crippen LogP contribution in [0.3, 0.4) is 0 Å². The highest BCUT2D eigenvalue weighted by molar-refractivity contribution is 7.99. The lowest BCUT2D eigenvalue weighted by Crippen LogP contribution is -2.17. The van der Waals surface area contributed by atoms with E-state index in [0.29, 0.717) is 21.2 Å². The Labute approximate surface area is 228 Å². The van der Waals surface area contributed by atoms with Crippen molar-refractivity contribution in [3.63, 3.8) is 0 Å². The smallest absolute Gasteiger partial charge is 0.267 e. The van der Waals surface area contributed by atoms with Crippen molar-refractivity contribution in [1.82, 2.24) is 15.4 Å². The summed E-state index contributed by atoms with van der Waals surface area (Å²) in [6.07, 6.45) is 1.38. The molecule has 0 atom stereocenters. The molecule has 190 valence electrons. The second-order valence-corrected chi connectivity index (χ2v) is 9.31. The zero-order valence-electron chi connectivity index (χ0n) is 20.5. The third kappa shape index (κ3) is 6.41. The molecule has 1 N–H and O–H groups in total. The van der Waals surface area contributed by atoms with E-state index < -0.39 is 10.8 Å². The van der Waals surface area contributed by atoms with Crippen LogP contribution >= 0.6 is 11.8 Å². The van der Waals surface area contributed by atoms with Crippen molar-refractivity contribution in [2.24, 2.45) is 5.10 Å². The molecule has 0 radical (unpaired) electrons. The fourth-order valence-electron chi connectivity index (χ4n) is 3.74. The van der Waals surface area contributed by atoms with E-state index in [1.165, 1.54) is 30.1 Å². The lowest BCUT2D eigenvalue weighted by Gasteiger charge is -2.10. The van der Waals surface area contributed by atoms with Crippen LogP contribution in [0.5, 0.6) is 0 Å². The molecular weight excluding hydrogens is 510 g/mol. The van der Waals surface area contributed by atoms with Crippen molar-refractivity contribution in [2.45, 2.75) is 10.1 Å². The van der Waals surface area contributed by atoms with E-state index in [1.54, 1.807) is 30.3 Å². The van der Waals surface area contributed by atoms with Crippen LogP contribution in [0.2, 0.25) is 0 Å². The molecule has 0 aliphatic heterocycles. The van der Waals surface area contributed by atoms with Crippen LogP contribution in [0.15, 0.2) is 130 Å². The number of non-ortho nitro benzene ring substituents is 1. The van der Waals surface area contributed by atoms with E-state index in [2.05, 4.69) is 10.5 Å². The highest BCUT2D eigenvalue weighted by Crippen LogP contribution is 2.33. The van der Waals surface area contributed by atoms with Gasteiger partial charge < -0.3 is 0 Å². The third-order valence-corrected chi connectivity index (χ3v) is 6.61. The van der Waals surface area contributed by atoms with Gasteiger partial charge in [-0.15, -0.1) is 0 Å². The third-order valence-electron chi connectivity index (χ3n) is 5.66. The van der Waals surface area contributed by atoms with Crippen LogP contribution in [-0.2, 0) is 0 Å². The van der Waals surface area contributed by atoms with Gasteiger partial charge in [-0.25, -0.2) is 15.4 Å². The number of nitro groups is 1. The molecule has 1 heterocycles. The first-order chi connectivity index (χ1) is 19.1. The van der Waals surface area contributed by atoms with Crippen molar-refractivity contribution in [3.05, 3.63) is 137 Å². The molecule has 5 rings (SSSR count). The summed E-state index contributed by atoms with van der Waals surface area (Å²) in [6.45, 7) is 0. The number of carbonyl (C=O) groups excluding carboxylic acids is 1. The summed E-state index contributed by atoms with van der Waals surface area (Å²) >= 11 is 1.26. The topological polar surface area (TPSA) is 110 Å². The number of aromatic nitrogens is 2. The molecule has 0 saturated heterocycles. The molecule has 0 saturated carbocycles. The average Bonchev–Trinajstić information content (AvgIpc) is 2.99. The maximum Gasteiger partial charge on any atom is 0.271 e. The quantitative estimate of drug-likeness (QED) is 0.104. The standard InChI is InChI=1S/C30H21N5O3S/c36-29(23-14-8-3-9-15-23)34-31-20-24-18-25(35(37)38)16-17-28(24)39-30-32-26(21-10-4-1-5-11-21)19-27(33-30)22-12-6-2-7-13-22/h1-20H,(H,34,36)/b31-20+. The van der Waals surface area contributed by atoms with E-state index in [0.717, 1.165) is 22.5 Å². The fraction of sp³-hybridized carbons (Fsp3) is 0. The first-order valence-electron chi connectivity index (χ1n) is 11.9. The zero-order chi connectivity index (χ0) is 27.0. The number of nitrogens with one attached hydrogen (secondary N) is 1. The van der Waals surface area contributed by atoms with Crippen molar-refractivity contribution in [2.75, 3.05) is 0 Å². The lowest BCUT2D eigenvalue weighted by molar-refractivity contribution is -0.384. The minimum absolute atomic E-state index is 0.0980. The summed E-state index contributed by atoms with van der Waals surface area (Å²) in [6, 6.07) is 34.6. The molecule has 8 nitrogen and oxygen atoms in total. The second-order valence-electron chi connectivity index (χ2n) is 8.30. The first kappa shape index (κ1) is 25.5. The molecule has 39 heavy (non-hydrogen) atoms. The van der Waals surface area contributed by atoms with Crippen molar-refractivity contribution in [3.8, 4) is 22.5 Å². The molecular formula is C30H21N5O3S. The maximum absolute atomic E-state index is 12.4. The second kappa shape index (κ2) is 11.9. The van der Waals surface area contributed by atoms with Gasteiger partial charge in [-0.05, 0) is 36.0 Å². The minimum atomic E-state index is -0.478. The first-order valence-corrected chi connectivity index (χ1v) is 12.7. The Morgan fingerprint density at radius 2 is 1.36 bits per heavy atom. The number of nitrogens with zero attached hydrogens (tertiary/aromatic N) is 4. The summed E-state index contributed by atoms with van der Waals surface area (Å²) in [5.41, 5.74) is 6.63. The minimum Gasteiger partial charge on any atom is -0.267 e. The Kier molecular flexibility index (Phi) is 7.80. The van der Waals surface area contributed by atoms with E-state index >= 15 is 0 Å². The summed E-state index contributed by atoms with van der Waals surface area (Å²) in [4.78, 5) is 33.5. The number of rotatable bonds is 8.